The number of hydrogen-bond donors (Lipinski definition) is 2. The van der Waals surface area contributed by atoms with Crippen LogP contribution in [-0.4, -0.2) is 46.7 Å². The molecule has 4 heterocycles. The van der Waals surface area contributed by atoms with Crippen molar-refractivity contribution in [1.82, 2.24) is 20.3 Å². The van der Waals surface area contributed by atoms with Gasteiger partial charge in [-0.1, -0.05) is 0 Å². The number of carbonyl (C=O) groups is 1. The maximum absolute atomic E-state index is 14.3. The molecule has 8 nitrogen and oxygen atoms in total. The van der Waals surface area contributed by atoms with Crippen molar-refractivity contribution >= 4 is 17.7 Å². The normalized spacial score (nSPS) is 22.0. The van der Waals surface area contributed by atoms with Crippen LogP contribution in [0.25, 0.3) is 11.4 Å². The molecule has 0 bridgehead atoms. The molecule has 2 aliphatic heterocycles. The number of piperazine rings is 1. The van der Waals surface area contributed by atoms with Gasteiger partial charge in [-0.15, -0.1) is 0 Å². The molecule has 1 fully saturated rings. The van der Waals surface area contributed by atoms with Gasteiger partial charge in [0.1, 0.15) is 29.8 Å². The average Bonchev–Trinajstić information content (AvgIpc) is 2.66. The van der Waals surface area contributed by atoms with E-state index in [9.17, 15) is 13.6 Å². The molecule has 29 heavy (non-hydrogen) atoms. The third-order valence-electron chi connectivity index (χ3n) is 5.05. The number of ether oxygens (including phenoxy) is 1. The predicted octanol–water partition coefficient (Wildman–Crippen LogP) is 3.07. The fourth-order valence-corrected chi connectivity index (χ4v) is 3.62. The summed E-state index contributed by atoms with van der Waals surface area (Å²) < 4.78 is 33.7. The van der Waals surface area contributed by atoms with Crippen LogP contribution in [0.4, 0.5) is 25.2 Å². The summed E-state index contributed by atoms with van der Waals surface area (Å²) in [5.74, 6) is -2.28. The summed E-state index contributed by atoms with van der Waals surface area (Å²) in [5.41, 5.74) is 1.01. The van der Waals surface area contributed by atoms with Crippen molar-refractivity contribution in [2.45, 2.75) is 38.8 Å². The lowest BCUT2D eigenvalue weighted by Crippen LogP contribution is -2.49. The van der Waals surface area contributed by atoms with Crippen LogP contribution in [0.15, 0.2) is 18.5 Å². The van der Waals surface area contributed by atoms with Crippen LogP contribution in [0.5, 0.6) is 0 Å². The second-order valence-corrected chi connectivity index (χ2v) is 7.45. The van der Waals surface area contributed by atoms with E-state index in [2.05, 4.69) is 25.6 Å². The Morgan fingerprint density at radius 3 is 2.79 bits per heavy atom. The van der Waals surface area contributed by atoms with Crippen LogP contribution in [0.1, 0.15) is 38.0 Å². The zero-order valence-corrected chi connectivity index (χ0v) is 16.4. The fourth-order valence-electron chi connectivity index (χ4n) is 3.62. The predicted molar refractivity (Wildman–Crippen MR) is 103 cm³/mol. The van der Waals surface area contributed by atoms with E-state index in [1.54, 1.807) is 6.92 Å². The molecule has 0 aliphatic carbocycles. The summed E-state index contributed by atoms with van der Waals surface area (Å²) in [6.07, 6.45) is 0.0226. The molecule has 0 aromatic carbocycles. The van der Waals surface area contributed by atoms with Gasteiger partial charge in [0, 0.05) is 38.2 Å². The zero-order valence-electron chi connectivity index (χ0n) is 16.4. The van der Waals surface area contributed by atoms with E-state index in [-0.39, 0.29) is 17.3 Å². The van der Waals surface area contributed by atoms with Crippen LogP contribution < -0.4 is 15.5 Å². The number of cyclic esters (lactones) is 1. The summed E-state index contributed by atoms with van der Waals surface area (Å²) >= 11 is 0. The van der Waals surface area contributed by atoms with Crippen molar-refractivity contribution in [1.29, 1.82) is 0 Å². The van der Waals surface area contributed by atoms with Crippen LogP contribution in [0.3, 0.4) is 0 Å². The number of amides is 1. The molecule has 10 heteroatoms. The first-order valence-electron chi connectivity index (χ1n) is 9.44. The molecule has 0 saturated carbocycles. The number of nitrogens with zero attached hydrogens (tertiary/aromatic N) is 4. The molecule has 0 unspecified atom stereocenters. The van der Waals surface area contributed by atoms with E-state index in [0.717, 1.165) is 13.5 Å². The Balaban J connectivity index is 1.85. The van der Waals surface area contributed by atoms with E-state index in [1.165, 1.54) is 18.5 Å². The lowest BCUT2D eigenvalue weighted by molar-refractivity contribution is 0.0174. The van der Waals surface area contributed by atoms with Crippen LogP contribution >= 0.6 is 0 Å². The first-order valence-corrected chi connectivity index (χ1v) is 9.44. The van der Waals surface area contributed by atoms with Gasteiger partial charge >= 0.3 is 6.09 Å². The Labute approximate surface area is 166 Å². The van der Waals surface area contributed by atoms with Crippen molar-refractivity contribution in [2.75, 3.05) is 29.9 Å². The van der Waals surface area contributed by atoms with Crippen molar-refractivity contribution in [3.8, 4) is 11.4 Å². The third kappa shape index (κ3) is 3.84. The van der Waals surface area contributed by atoms with E-state index >= 15 is 0 Å². The quantitative estimate of drug-likeness (QED) is 0.812. The smallest absolute Gasteiger partial charge is 0.413 e. The molecular formula is C19H22F2N6O2. The van der Waals surface area contributed by atoms with Crippen molar-refractivity contribution in [3.63, 3.8) is 0 Å². The molecule has 2 aromatic rings. The zero-order chi connectivity index (χ0) is 20.8. The van der Waals surface area contributed by atoms with Gasteiger partial charge in [0.15, 0.2) is 0 Å². The Kier molecular flexibility index (Phi) is 4.81. The number of fused-ring (bicyclic) bond motifs is 1. The second kappa shape index (κ2) is 7.18. The summed E-state index contributed by atoms with van der Waals surface area (Å²) in [7, 11) is 0. The highest BCUT2D eigenvalue weighted by molar-refractivity contribution is 5.88. The highest BCUT2D eigenvalue weighted by Crippen LogP contribution is 2.38. The Hall–Kier alpha value is -2.88. The number of aromatic nitrogens is 3. The molecule has 2 atom stereocenters. The topological polar surface area (TPSA) is 92.3 Å². The van der Waals surface area contributed by atoms with Gasteiger partial charge in [-0.2, -0.15) is 0 Å². The van der Waals surface area contributed by atoms with E-state index < -0.39 is 18.1 Å². The SMILES string of the molecule is C[C@@H]1OC(=O)Nc2ncnc(-c3cc(C(C)(F)F)cc(N4CCN[C@@H](C)C4)n3)c21. The van der Waals surface area contributed by atoms with Gasteiger partial charge in [0.25, 0.3) is 5.92 Å². The molecule has 1 amide bonds. The third-order valence-corrected chi connectivity index (χ3v) is 5.05. The summed E-state index contributed by atoms with van der Waals surface area (Å²) in [6.45, 7) is 6.63. The van der Waals surface area contributed by atoms with Gasteiger partial charge < -0.3 is 15.0 Å². The van der Waals surface area contributed by atoms with E-state index in [1.807, 2.05) is 11.8 Å². The number of hydrogen-bond acceptors (Lipinski definition) is 7. The molecule has 0 spiro atoms. The molecule has 2 aliphatic rings. The molecule has 2 aromatic heterocycles. The number of halogens is 2. The number of anilines is 2. The second-order valence-electron chi connectivity index (χ2n) is 7.45. The minimum absolute atomic E-state index is 0.149. The van der Waals surface area contributed by atoms with Gasteiger partial charge in [-0.3, -0.25) is 5.32 Å². The summed E-state index contributed by atoms with van der Waals surface area (Å²) in [4.78, 5) is 26.6. The number of carbonyl (C=O) groups excluding carboxylic acids is 1. The summed E-state index contributed by atoms with van der Waals surface area (Å²) in [6, 6.07) is 2.98. The molecular weight excluding hydrogens is 382 g/mol. The fraction of sp³-hybridized carbons (Fsp3) is 0.474. The van der Waals surface area contributed by atoms with Gasteiger partial charge in [0.2, 0.25) is 0 Å². The first-order chi connectivity index (χ1) is 13.7. The Bertz CT molecular complexity index is 949. The first kappa shape index (κ1) is 19.4. The average molecular weight is 404 g/mol. The maximum Gasteiger partial charge on any atom is 0.413 e. The Morgan fingerprint density at radius 2 is 2.07 bits per heavy atom. The van der Waals surface area contributed by atoms with Crippen LogP contribution in [0.2, 0.25) is 0 Å². The van der Waals surface area contributed by atoms with E-state index in [0.29, 0.717) is 36.0 Å². The lowest BCUT2D eigenvalue weighted by atomic mass is 10.0. The summed E-state index contributed by atoms with van der Waals surface area (Å²) in [5, 5.41) is 5.85. The van der Waals surface area contributed by atoms with Gasteiger partial charge in [0.05, 0.1) is 11.3 Å². The maximum atomic E-state index is 14.3. The molecule has 2 N–H and O–H groups in total. The molecule has 1 saturated heterocycles. The Morgan fingerprint density at radius 1 is 1.28 bits per heavy atom. The van der Waals surface area contributed by atoms with Gasteiger partial charge in [-0.25, -0.2) is 28.5 Å². The molecule has 154 valence electrons. The number of nitrogens with one attached hydrogen (secondary N) is 2. The standard InChI is InChI=1S/C19H22F2N6O2/c1-10-8-27(5-4-22-10)14-7-12(19(3,20)21)6-13(25-14)16-15-11(2)29-18(28)26-17(15)24-9-23-16/h6-7,9-11,22H,4-5,8H2,1-3H3,(H,23,24,26,28)/t10-,11-/m0/s1. The largest absolute Gasteiger partial charge is 0.441 e. The van der Waals surface area contributed by atoms with Crippen LogP contribution in [-0.2, 0) is 10.7 Å². The highest BCUT2D eigenvalue weighted by atomic mass is 19.3. The number of pyridine rings is 1. The number of alkyl halides is 2. The molecule has 0 radical (unpaired) electrons. The monoisotopic (exact) mass is 404 g/mol. The van der Waals surface area contributed by atoms with Crippen LogP contribution in [0, 0.1) is 0 Å². The number of rotatable bonds is 3. The lowest BCUT2D eigenvalue weighted by Gasteiger charge is -2.33. The van der Waals surface area contributed by atoms with Crippen molar-refractivity contribution in [3.05, 3.63) is 29.6 Å². The van der Waals surface area contributed by atoms with E-state index in [4.69, 9.17) is 4.74 Å². The van der Waals surface area contributed by atoms with Crippen molar-refractivity contribution in [2.24, 2.45) is 0 Å². The van der Waals surface area contributed by atoms with Crippen molar-refractivity contribution < 1.29 is 18.3 Å². The van der Waals surface area contributed by atoms with Gasteiger partial charge in [-0.05, 0) is 26.0 Å². The highest BCUT2D eigenvalue weighted by Gasteiger charge is 2.32. The minimum atomic E-state index is -3.05. The minimum Gasteiger partial charge on any atom is -0.441 e. The molecule has 4 rings (SSSR count).